The van der Waals surface area contributed by atoms with Gasteiger partial charge in [0.15, 0.2) is 0 Å². The number of pyridine rings is 1. The van der Waals surface area contributed by atoms with Gasteiger partial charge in [0.05, 0.1) is 13.2 Å². The summed E-state index contributed by atoms with van der Waals surface area (Å²) < 4.78 is 23.9. The number of benzene rings is 1. The number of ether oxygens (including phenoxy) is 1. The van der Waals surface area contributed by atoms with Crippen molar-refractivity contribution in [1.29, 1.82) is 0 Å². The Labute approximate surface area is 137 Å². The molecule has 24 heavy (non-hydrogen) atoms. The zero-order valence-corrected chi connectivity index (χ0v) is 12.9. The Morgan fingerprint density at radius 2 is 1.92 bits per heavy atom. The maximum absolute atomic E-state index is 13.3. The molecule has 4 rings (SSSR count). The quantitative estimate of drug-likeness (QED) is 0.737. The second-order valence-electron chi connectivity index (χ2n) is 5.44. The van der Waals surface area contributed by atoms with E-state index < -0.39 is 0 Å². The number of halogens is 1. The van der Waals surface area contributed by atoms with E-state index in [2.05, 4.69) is 20.0 Å². The van der Waals surface area contributed by atoms with Crippen LogP contribution >= 0.6 is 0 Å². The van der Waals surface area contributed by atoms with Gasteiger partial charge in [0.1, 0.15) is 11.6 Å². The molecule has 0 bridgehead atoms. The first-order valence-electron chi connectivity index (χ1n) is 7.68. The van der Waals surface area contributed by atoms with Gasteiger partial charge in [0.2, 0.25) is 5.82 Å². The number of morpholine rings is 1. The lowest BCUT2D eigenvalue weighted by atomic mass is 10.2. The SMILES string of the molecule is Fc1cccc(-c2nc(-c3ccnc(N4CCOCC4)c3)no2)c1. The van der Waals surface area contributed by atoms with Crippen molar-refractivity contribution in [3.05, 3.63) is 48.4 Å². The molecule has 0 spiro atoms. The molecule has 1 aliphatic heterocycles. The van der Waals surface area contributed by atoms with Crippen molar-refractivity contribution in [2.45, 2.75) is 0 Å². The molecule has 3 aromatic rings. The number of nitrogens with zero attached hydrogens (tertiary/aromatic N) is 4. The van der Waals surface area contributed by atoms with Crippen molar-refractivity contribution in [3.63, 3.8) is 0 Å². The molecule has 1 aliphatic rings. The summed E-state index contributed by atoms with van der Waals surface area (Å²) in [7, 11) is 0. The zero-order chi connectivity index (χ0) is 16.4. The molecule has 0 unspecified atom stereocenters. The number of aromatic nitrogens is 3. The maximum Gasteiger partial charge on any atom is 0.258 e. The van der Waals surface area contributed by atoms with E-state index in [0.29, 0.717) is 24.6 Å². The van der Waals surface area contributed by atoms with E-state index in [0.717, 1.165) is 24.5 Å². The van der Waals surface area contributed by atoms with Crippen LogP contribution in [0.2, 0.25) is 0 Å². The zero-order valence-electron chi connectivity index (χ0n) is 12.9. The first-order valence-corrected chi connectivity index (χ1v) is 7.68. The van der Waals surface area contributed by atoms with E-state index in [-0.39, 0.29) is 11.7 Å². The van der Waals surface area contributed by atoms with Gasteiger partial charge in [-0.25, -0.2) is 9.37 Å². The Kier molecular flexibility index (Phi) is 3.92. The van der Waals surface area contributed by atoms with Crippen molar-refractivity contribution in [2.24, 2.45) is 0 Å². The van der Waals surface area contributed by atoms with Crippen LogP contribution in [-0.4, -0.2) is 41.4 Å². The summed E-state index contributed by atoms with van der Waals surface area (Å²) in [5, 5.41) is 4.00. The molecule has 0 radical (unpaired) electrons. The van der Waals surface area contributed by atoms with Crippen LogP contribution in [0.15, 0.2) is 47.1 Å². The van der Waals surface area contributed by atoms with Crippen LogP contribution in [0.3, 0.4) is 0 Å². The van der Waals surface area contributed by atoms with Gasteiger partial charge in [-0.05, 0) is 30.3 Å². The largest absolute Gasteiger partial charge is 0.378 e. The Morgan fingerprint density at radius 1 is 1.04 bits per heavy atom. The average molecular weight is 326 g/mol. The fourth-order valence-corrected chi connectivity index (χ4v) is 2.60. The van der Waals surface area contributed by atoms with Gasteiger partial charge in [-0.3, -0.25) is 0 Å². The Balaban J connectivity index is 1.62. The fraction of sp³-hybridized carbons (Fsp3) is 0.235. The monoisotopic (exact) mass is 326 g/mol. The van der Waals surface area contributed by atoms with Crippen LogP contribution in [0, 0.1) is 5.82 Å². The van der Waals surface area contributed by atoms with E-state index in [1.807, 2.05) is 12.1 Å². The predicted octanol–water partition coefficient (Wildman–Crippen LogP) is 2.77. The molecule has 0 amide bonds. The summed E-state index contributed by atoms with van der Waals surface area (Å²) in [6.07, 6.45) is 1.72. The first-order chi connectivity index (χ1) is 11.8. The topological polar surface area (TPSA) is 64.3 Å². The Hall–Kier alpha value is -2.80. The lowest BCUT2D eigenvalue weighted by Crippen LogP contribution is -2.36. The molecule has 1 saturated heterocycles. The standard InChI is InChI=1S/C17H15FN4O2/c18-14-3-1-2-13(10-14)17-20-16(21-24-17)12-4-5-19-15(11-12)22-6-8-23-9-7-22/h1-5,10-11H,6-9H2. The molecule has 1 aromatic carbocycles. The van der Waals surface area contributed by atoms with Crippen molar-refractivity contribution in [1.82, 2.24) is 15.1 Å². The first kappa shape index (κ1) is 14.8. The minimum Gasteiger partial charge on any atom is -0.378 e. The third-order valence-electron chi connectivity index (χ3n) is 3.84. The molecule has 7 heteroatoms. The van der Waals surface area contributed by atoms with Crippen LogP contribution in [-0.2, 0) is 4.74 Å². The molecular weight excluding hydrogens is 311 g/mol. The molecule has 122 valence electrons. The molecule has 0 atom stereocenters. The van der Waals surface area contributed by atoms with E-state index in [1.54, 1.807) is 18.3 Å². The normalized spacial score (nSPS) is 14.8. The van der Waals surface area contributed by atoms with Crippen LogP contribution in [0.4, 0.5) is 10.2 Å². The van der Waals surface area contributed by atoms with Crippen LogP contribution in [0.1, 0.15) is 0 Å². The summed E-state index contributed by atoms with van der Waals surface area (Å²) in [6.45, 7) is 2.99. The lowest BCUT2D eigenvalue weighted by molar-refractivity contribution is 0.122. The Bertz CT molecular complexity index is 846. The van der Waals surface area contributed by atoms with E-state index in [1.165, 1.54) is 12.1 Å². The number of hydrogen-bond acceptors (Lipinski definition) is 6. The number of anilines is 1. The summed E-state index contributed by atoms with van der Waals surface area (Å²) in [4.78, 5) is 10.9. The maximum atomic E-state index is 13.3. The predicted molar refractivity (Wildman–Crippen MR) is 86.0 cm³/mol. The van der Waals surface area contributed by atoms with Crippen LogP contribution in [0.5, 0.6) is 0 Å². The lowest BCUT2D eigenvalue weighted by Gasteiger charge is -2.27. The van der Waals surface area contributed by atoms with Gasteiger partial charge in [-0.2, -0.15) is 4.98 Å². The highest BCUT2D eigenvalue weighted by molar-refractivity contribution is 5.62. The second kappa shape index (κ2) is 6.37. The van der Waals surface area contributed by atoms with E-state index in [4.69, 9.17) is 9.26 Å². The molecule has 1 fully saturated rings. The van der Waals surface area contributed by atoms with E-state index in [9.17, 15) is 4.39 Å². The van der Waals surface area contributed by atoms with Crippen molar-refractivity contribution in [2.75, 3.05) is 31.2 Å². The smallest absolute Gasteiger partial charge is 0.258 e. The van der Waals surface area contributed by atoms with Crippen molar-refractivity contribution in [3.8, 4) is 22.8 Å². The van der Waals surface area contributed by atoms with Crippen molar-refractivity contribution < 1.29 is 13.7 Å². The highest BCUT2D eigenvalue weighted by Gasteiger charge is 2.15. The highest BCUT2D eigenvalue weighted by atomic mass is 19.1. The van der Waals surface area contributed by atoms with Gasteiger partial charge in [0.25, 0.3) is 5.89 Å². The molecule has 0 aliphatic carbocycles. The Morgan fingerprint density at radius 3 is 2.75 bits per heavy atom. The molecule has 6 nitrogen and oxygen atoms in total. The molecule has 0 saturated carbocycles. The molecule has 2 aromatic heterocycles. The van der Waals surface area contributed by atoms with Gasteiger partial charge >= 0.3 is 0 Å². The highest BCUT2D eigenvalue weighted by Crippen LogP contribution is 2.25. The second-order valence-corrected chi connectivity index (χ2v) is 5.44. The number of rotatable bonds is 3. The van der Waals surface area contributed by atoms with Crippen LogP contribution in [0.25, 0.3) is 22.8 Å². The summed E-state index contributed by atoms with van der Waals surface area (Å²) in [6, 6.07) is 9.82. The average Bonchev–Trinajstić information content (AvgIpc) is 3.13. The fourth-order valence-electron chi connectivity index (χ4n) is 2.60. The van der Waals surface area contributed by atoms with E-state index >= 15 is 0 Å². The summed E-state index contributed by atoms with van der Waals surface area (Å²) in [5.41, 5.74) is 1.36. The molecular formula is C17H15FN4O2. The molecule has 3 heterocycles. The van der Waals surface area contributed by atoms with Gasteiger partial charge in [-0.15, -0.1) is 0 Å². The summed E-state index contributed by atoms with van der Waals surface area (Å²) in [5.74, 6) is 1.25. The minimum atomic E-state index is -0.342. The van der Waals surface area contributed by atoms with Crippen molar-refractivity contribution >= 4 is 5.82 Å². The molecule has 0 N–H and O–H groups in total. The third-order valence-corrected chi connectivity index (χ3v) is 3.84. The third kappa shape index (κ3) is 2.98. The summed E-state index contributed by atoms with van der Waals surface area (Å²) >= 11 is 0. The number of hydrogen-bond donors (Lipinski definition) is 0. The van der Waals surface area contributed by atoms with Gasteiger partial charge in [-0.1, -0.05) is 11.2 Å². The van der Waals surface area contributed by atoms with Gasteiger partial charge in [0, 0.05) is 30.4 Å². The minimum absolute atomic E-state index is 0.286. The van der Waals surface area contributed by atoms with Gasteiger partial charge < -0.3 is 14.2 Å². The van der Waals surface area contributed by atoms with Crippen LogP contribution < -0.4 is 4.90 Å².